The fraction of sp³-hybridized carbons (Fsp3) is 0.176. The third-order valence-corrected chi connectivity index (χ3v) is 5.25. The van der Waals surface area contributed by atoms with Crippen molar-refractivity contribution in [2.24, 2.45) is 5.73 Å². The molecule has 0 saturated carbocycles. The molecule has 2 N–H and O–H groups in total. The highest BCUT2D eigenvalue weighted by Crippen LogP contribution is 2.20. The molecule has 0 aliphatic carbocycles. The lowest BCUT2D eigenvalue weighted by Gasteiger charge is -2.07. The van der Waals surface area contributed by atoms with Crippen LogP contribution in [-0.4, -0.2) is 28.9 Å². The van der Waals surface area contributed by atoms with Crippen LogP contribution in [0.5, 0.6) is 0 Å². The molecule has 1 aromatic carbocycles. The largest absolute Gasteiger partial charge is 0.330 e. The lowest BCUT2D eigenvalue weighted by atomic mass is 10.2. The van der Waals surface area contributed by atoms with Gasteiger partial charge in [-0.05, 0) is 44.2 Å². The van der Waals surface area contributed by atoms with Gasteiger partial charge in [-0.3, -0.25) is 0 Å². The van der Waals surface area contributed by atoms with Crippen LogP contribution in [0.15, 0.2) is 53.7 Å². The van der Waals surface area contributed by atoms with Gasteiger partial charge in [0.05, 0.1) is 16.8 Å². The quantitative estimate of drug-likeness (QED) is 0.737. The van der Waals surface area contributed by atoms with Crippen LogP contribution in [0.3, 0.4) is 0 Å². The molecule has 25 heavy (non-hydrogen) atoms. The van der Waals surface area contributed by atoms with Gasteiger partial charge in [0.2, 0.25) is 0 Å². The van der Waals surface area contributed by atoms with Crippen molar-refractivity contribution in [3.63, 3.8) is 0 Å². The Hall–Kier alpha value is -2.22. The minimum atomic E-state index is -3.69. The van der Waals surface area contributed by atoms with E-state index >= 15 is 0 Å². The predicted octanol–water partition coefficient (Wildman–Crippen LogP) is 2.76. The minimum Gasteiger partial charge on any atom is -0.330 e. The summed E-state index contributed by atoms with van der Waals surface area (Å²) >= 11 is 0. The summed E-state index contributed by atoms with van der Waals surface area (Å²) in [4.78, 5) is 8.90. The van der Waals surface area contributed by atoms with Crippen LogP contribution in [0, 0.1) is 6.92 Å². The second kappa shape index (κ2) is 7.77. The summed E-state index contributed by atoms with van der Waals surface area (Å²) in [6.07, 6.45) is 7.52. The molecule has 0 bridgehead atoms. The number of nitrogens with zero attached hydrogens (tertiary/aromatic N) is 3. The molecule has 6 nitrogen and oxygen atoms in total. The Kier molecular flexibility index (Phi) is 5.94. The van der Waals surface area contributed by atoms with Crippen molar-refractivity contribution in [1.82, 2.24) is 13.9 Å². The highest BCUT2D eigenvalue weighted by molar-refractivity contribution is 7.90. The Morgan fingerprint density at radius 2 is 1.92 bits per heavy atom. The maximum atomic E-state index is 12.8. The van der Waals surface area contributed by atoms with E-state index in [0.717, 1.165) is 16.0 Å². The van der Waals surface area contributed by atoms with Gasteiger partial charge < -0.3 is 5.73 Å². The van der Waals surface area contributed by atoms with Crippen LogP contribution >= 0.6 is 12.4 Å². The van der Waals surface area contributed by atoms with Crippen molar-refractivity contribution in [3.05, 3.63) is 60.1 Å². The van der Waals surface area contributed by atoms with Gasteiger partial charge in [0.25, 0.3) is 10.0 Å². The van der Waals surface area contributed by atoms with Crippen molar-refractivity contribution < 1.29 is 8.42 Å². The van der Waals surface area contributed by atoms with Gasteiger partial charge in [-0.25, -0.2) is 22.4 Å². The molecule has 0 radical (unpaired) electrons. The molecule has 0 unspecified atom stereocenters. The Morgan fingerprint density at radius 3 is 2.60 bits per heavy atom. The van der Waals surface area contributed by atoms with Crippen molar-refractivity contribution in [2.75, 3.05) is 6.54 Å². The molecule has 3 rings (SSSR count). The maximum Gasteiger partial charge on any atom is 0.269 e. The van der Waals surface area contributed by atoms with E-state index in [1.165, 1.54) is 6.20 Å². The van der Waals surface area contributed by atoms with Crippen LogP contribution < -0.4 is 5.73 Å². The molecular weight excluding hydrogens is 360 g/mol. The third kappa shape index (κ3) is 3.89. The van der Waals surface area contributed by atoms with Crippen molar-refractivity contribution in [2.45, 2.75) is 18.2 Å². The van der Waals surface area contributed by atoms with Crippen LogP contribution in [0.25, 0.3) is 17.2 Å². The Morgan fingerprint density at radius 1 is 1.20 bits per heavy atom. The molecule has 0 spiro atoms. The first-order valence-corrected chi connectivity index (χ1v) is 8.99. The molecule has 0 aliphatic rings. The van der Waals surface area contributed by atoms with E-state index in [4.69, 9.17) is 5.73 Å². The number of benzene rings is 1. The lowest BCUT2D eigenvalue weighted by molar-refractivity contribution is 0.588. The molecule has 2 aromatic heterocycles. The second-order valence-corrected chi connectivity index (χ2v) is 7.23. The van der Waals surface area contributed by atoms with Crippen LogP contribution in [0.2, 0.25) is 0 Å². The molecule has 2 heterocycles. The molecule has 132 valence electrons. The number of hydrogen-bond donors (Lipinski definition) is 1. The van der Waals surface area contributed by atoms with Crippen LogP contribution in [0.4, 0.5) is 0 Å². The Balaban J connectivity index is 0.00000225. The van der Waals surface area contributed by atoms with Crippen LogP contribution in [0.1, 0.15) is 17.7 Å². The number of aromatic nitrogens is 3. The summed E-state index contributed by atoms with van der Waals surface area (Å²) < 4.78 is 26.7. The highest BCUT2D eigenvalue weighted by atomic mass is 35.5. The van der Waals surface area contributed by atoms with E-state index in [1.807, 2.05) is 19.1 Å². The van der Waals surface area contributed by atoms with Gasteiger partial charge in [-0.15, -0.1) is 12.4 Å². The average molecular weight is 379 g/mol. The summed E-state index contributed by atoms with van der Waals surface area (Å²) in [6, 6.07) is 8.37. The van der Waals surface area contributed by atoms with Gasteiger partial charge in [0.1, 0.15) is 5.52 Å². The van der Waals surface area contributed by atoms with E-state index in [0.29, 0.717) is 23.4 Å². The average Bonchev–Trinajstić information content (AvgIpc) is 2.99. The molecule has 0 fully saturated rings. The monoisotopic (exact) mass is 378 g/mol. The summed E-state index contributed by atoms with van der Waals surface area (Å²) in [5.41, 5.74) is 7.95. The van der Waals surface area contributed by atoms with Crippen molar-refractivity contribution in [3.8, 4) is 0 Å². The van der Waals surface area contributed by atoms with Gasteiger partial charge in [-0.1, -0.05) is 23.8 Å². The zero-order chi connectivity index (χ0) is 17.2. The molecule has 0 saturated heterocycles. The highest BCUT2D eigenvalue weighted by Gasteiger charge is 2.19. The van der Waals surface area contributed by atoms with Crippen molar-refractivity contribution >= 4 is 39.7 Å². The Labute approximate surface area is 152 Å². The molecule has 0 amide bonds. The number of aryl methyl sites for hydroxylation is 1. The number of nitrogens with two attached hydrogens (primary N) is 1. The standard InChI is InChI=1S/C17H18N4O2S.ClH/c1-13-5-7-15(8-6-13)24(22,23)21-11-9-16-17(21)19-12-14(20-16)4-2-3-10-18;/h2,4-9,11-12H,3,10,18H2,1H3;1H. The van der Waals surface area contributed by atoms with Crippen LogP contribution in [-0.2, 0) is 10.0 Å². The molecule has 0 aliphatic heterocycles. The summed E-state index contributed by atoms with van der Waals surface area (Å²) in [5, 5.41) is 0. The fourth-order valence-electron chi connectivity index (χ4n) is 2.30. The molecular formula is C17H19ClN4O2S. The van der Waals surface area contributed by atoms with E-state index in [9.17, 15) is 8.42 Å². The first kappa shape index (κ1) is 19.1. The first-order valence-electron chi connectivity index (χ1n) is 7.55. The first-order chi connectivity index (χ1) is 11.5. The molecule has 3 aromatic rings. The molecule has 8 heteroatoms. The van der Waals surface area contributed by atoms with E-state index in [1.54, 1.807) is 36.5 Å². The normalized spacial score (nSPS) is 11.8. The van der Waals surface area contributed by atoms with E-state index < -0.39 is 10.0 Å². The number of rotatable bonds is 5. The minimum absolute atomic E-state index is 0. The summed E-state index contributed by atoms with van der Waals surface area (Å²) in [5.74, 6) is 0. The number of halogens is 1. The van der Waals surface area contributed by atoms with Gasteiger partial charge >= 0.3 is 0 Å². The second-order valence-electron chi connectivity index (χ2n) is 5.41. The SMILES string of the molecule is Cc1ccc(S(=O)(=O)n2ccc3nc(C=CCCN)cnc32)cc1.Cl. The van der Waals surface area contributed by atoms with Gasteiger partial charge in [0, 0.05) is 6.20 Å². The predicted molar refractivity (Wildman–Crippen MR) is 101 cm³/mol. The van der Waals surface area contributed by atoms with Gasteiger partial charge in [0.15, 0.2) is 5.65 Å². The number of hydrogen-bond acceptors (Lipinski definition) is 5. The topological polar surface area (TPSA) is 90.9 Å². The summed E-state index contributed by atoms with van der Waals surface area (Å²) in [7, 11) is -3.69. The lowest BCUT2D eigenvalue weighted by Crippen LogP contribution is -2.12. The van der Waals surface area contributed by atoms with Gasteiger partial charge in [-0.2, -0.15) is 0 Å². The third-order valence-electron chi connectivity index (χ3n) is 3.57. The zero-order valence-corrected chi connectivity index (χ0v) is 15.3. The summed E-state index contributed by atoms with van der Waals surface area (Å²) in [6.45, 7) is 2.48. The Bertz CT molecular complexity index is 995. The molecule has 0 atom stereocenters. The maximum absolute atomic E-state index is 12.8. The number of fused-ring (bicyclic) bond motifs is 1. The zero-order valence-electron chi connectivity index (χ0n) is 13.7. The van der Waals surface area contributed by atoms with E-state index in [2.05, 4.69) is 9.97 Å². The van der Waals surface area contributed by atoms with E-state index in [-0.39, 0.29) is 17.3 Å². The van der Waals surface area contributed by atoms with Crippen molar-refractivity contribution in [1.29, 1.82) is 0 Å². The smallest absolute Gasteiger partial charge is 0.269 e. The fourth-order valence-corrected chi connectivity index (χ4v) is 3.60.